The highest BCUT2D eigenvalue weighted by atomic mass is 79.9. The summed E-state index contributed by atoms with van der Waals surface area (Å²) in [5.41, 5.74) is 6.28. The molecule has 1 amide bonds. The Morgan fingerprint density at radius 3 is 2.39 bits per heavy atom. The van der Waals surface area contributed by atoms with Gasteiger partial charge in [0.2, 0.25) is 5.91 Å². The summed E-state index contributed by atoms with van der Waals surface area (Å²) in [5.74, 6) is 0.367. The Morgan fingerprint density at radius 2 is 1.89 bits per heavy atom. The number of nitrogens with two attached hydrogens (primary N) is 1. The van der Waals surface area contributed by atoms with E-state index in [9.17, 15) is 4.79 Å². The number of halogens is 3. The van der Waals surface area contributed by atoms with E-state index >= 15 is 0 Å². The second-order valence-corrected chi connectivity index (χ2v) is 6.80. The van der Waals surface area contributed by atoms with E-state index in [2.05, 4.69) is 53.1 Å². The summed E-state index contributed by atoms with van der Waals surface area (Å²) in [6, 6.07) is 3.78. The lowest BCUT2D eigenvalue weighted by atomic mass is 10.1. The highest BCUT2D eigenvalue weighted by molar-refractivity contribution is 9.11. The minimum Gasteiger partial charge on any atom is -0.330 e. The molecule has 0 saturated heterocycles. The molecule has 0 aromatic heterocycles. The normalized spacial score (nSPS) is 12.3. The molecule has 0 aliphatic carbocycles. The van der Waals surface area contributed by atoms with Crippen molar-refractivity contribution < 1.29 is 4.79 Å². The molecule has 0 aliphatic rings. The van der Waals surface area contributed by atoms with Crippen molar-refractivity contribution in [3.8, 4) is 0 Å². The number of hydrogen-bond acceptors (Lipinski definition) is 2. The summed E-state index contributed by atoms with van der Waals surface area (Å²) in [6.07, 6.45) is 1.28. The first kappa shape index (κ1) is 16.1. The summed E-state index contributed by atoms with van der Waals surface area (Å²) in [4.78, 5) is 11.8. The van der Waals surface area contributed by atoms with E-state index < -0.39 is 0 Å². The Bertz CT molecular complexity index is 414. The molecule has 1 rings (SSSR count). The van der Waals surface area contributed by atoms with Gasteiger partial charge in [0.25, 0.3) is 0 Å². The predicted molar refractivity (Wildman–Crippen MR) is 85.6 cm³/mol. The molecule has 0 saturated carbocycles. The number of benzene rings is 1. The molecule has 0 aliphatic heterocycles. The summed E-state index contributed by atoms with van der Waals surface area (Å²) in [7, 11) is 0. The van der Waals surface area contributed by atoms with E-state index in [4.69, 9.17) is 5.73 Å². The molecule has 1 aromatic rings. The Kier molecular flexibility index (Phi) is 6.84. The van der Waals surface area contributed by atoms with Gasteiger partial charge in [-0.05, 0) is 62.9 Å². The van der Waals surface area contributed by atoms with Crippen LogP contribution in [0.15, 0.2) is 25.6 Å². The van der Waals surface area contributed by atoms with Gasteiger partial charge in [0, 0.05) is 19.8 Å². The van der Waals surface area contributed by atoms with Gasteiger partial charge in [-0.1, -0.05) is 22.9 Å². The maximum atomic E-state index is 11.8. The molecule has 0 bridgehead atoms. The molecule has 1 atom stereocenters. The number of nitrogens with one attached hydrogen (secondary N) is 1. The third kappa shape index (κ3) is 4.99. The van der Waals surface area contributed by atoms with Crippen molar-refractivity contribution in [3.63, 3.8) is 0 Å². The lowest BCUT2D eigenvalue weighted by molar-refractivity contribution is -0.116. The number of anilines is 1. The minimum absolute atomic E-state index is 0.000905. The maximum Gasteiger partial charge on any atom is 0.224 e. The molecule has 1 unspecified atom stereocenters. The highest BCUT2D eigenvalue weighted by Gasteiger charge is 2.11. The van der Waals surface area contributed by atoms with Gasteiger partial charge in [-0.2, -0.15) is 0 Å². The van der Waals surface area contributed by atoms with Crippen LogP contribution in [0.1, 0.15) is 19.8 Å². The number of carbonyl (C=O) groups is 1. The zero-order valence-corrected chi connectivity index (χ0v) is 14.7. The smallest absolute Gasteiger partial charge is 0.224 e. The predicted octanol–water partition coefficient (Wildman–Crippen LogP) is 4.29. The average molecular weight is 443 g/mol. The molecule has 18 heavy (non-hydrogen) atoms. The molecule has 6 heteroatoms. The standard InChI is InChI=1S/C12H15Br3N2O/c1-7(6-16)2-3-11(18)17-12-9(14)4-8(13)5-10(12)15/h4-5,7H,2-3,6,16H2,1H3,(H,17,18). The lowest BCUT2D eigenvalue weighted by Crippen LogP contribution is -2.16. The molecule has 0 radical (unpaired) electrons. The Hall–Kier alpha value is 0.0900. The monoisotopic (exact) mass is 440 g/mol. The molecule has 100 valence electrons. The Morgan fingerprint density at radius 1 is 1.33 bits per heavy atom. The summed E-state index contributed by atoms with van der Waals surface area (Å²) >= 11 is 10.2. The SMILES string of the molecule is CC(CN)CCC(=O)Nc1c(Br)cc(Br)cc1Br. The quantitative estimate of drug-likeness (QED) is 0.714. The second kappa shape index (κ2) is 7.62. The molecular formula is C12H15Br3N2O. The largest absolute Gasteiger partial charge is 0.330 e. The van der Waals surface area contributed by atoms with E-state index in [-0.39, 0.29) is 5.91 Å². The topological polar surface area (TPSA) is 55.1 Å². The van der Waals surface area contributed by atoms with Crippen LogP contribution < -0.4 is 11.1 Å². The molecule has 0 fully saturated rings. The van der Waals surface area contributed by atoms with Gasteiger partial charge in [0.05, 0.1) is 5.69 Å². The van der Waals surface area contributed by atoms with E-state index in [0.717, 1.165) is 25.5 Å². The molecule has 1 aromatic carbocycles. The summed E-state index contributed by atoms with van der Waals surface area (Å²) in [5, 5.41) is 2.89. The molecule has 0 heterocycles. The third-order valence-electron chi connectivity index (χ3n) is 2.54. The first-order chi connectivity index (χ1) is 8.43. The molecule has 3 nitrogen and oxygen atoms in total. The van der Waals surface area contributed by atoms with Crippen molar-refractivity contribution in [1.29, 1.82) is 0 Å². The molecule has 3 N–H and O–H groups in total. The third-order valence-corrected chi connectivity index (χ3v) is 4.25. The van der Waals surface area contributed by atoms with Crippen molar-refractivity contribution in [2.75, 3.05) is 11.9 Å². The van der Waals surface area contributed by atoms with Gasteiger partial charge in [0.15, 0.2) is 0 Å². The van der Waals surface area contributed by atoms with Crippen molar-refractivity contribution in [2.45, 2.75) is 19.8 Å². The van der Waals surface area contributed by atoms with Crippen LogP contribution in [0.25, 0.3) is 0 Å². The Labute approximate surface area is 132 Å². The van der Waals surface area contributed by atoms with Crippen LogP contribution >= 0.6 is 47.8 Å². The highest BCUT2D eigenvalue weighted by Crippen LogP contribution is 2.34. The molecule has 0 spiro atoms. The second-order valence-electron chi connectivity index (χ2n) is 4.17. The first-order valence-electron chi connectivity index (χ1n) is 5.58. The number of rotatable bonds is 5. The average Bonchev–Trinajstić information content (AvgIpc) is 2.30. The molecular weight excluding hydrogens is 428 g/mol. The lowest BCUT2D eigenvalue weighted by Gasteiger charge is -2.12. The fourth-order valence-electron chi connectivity index (χ4n) is 1.36. The maximum absolute atomic E-state index is 11.8. The van der Waals surface area contributed by atoms with Gasteiger partial charge in [-0.15, -0.1) is 0 Å². The van der Waals surface area contributed by atoms with Crippen LogP contribution in [-0.2, 0) is 4.79 Å². The van der Waals surface area contributed by atoms with Crippen LogP contribution in [0, 0.1) is 5.92 Å². The van der Waals surface area contributed by atoms with Gasteiger partial charge < -0.3 is 11.1 Å². The van der Waals surface area contributed by atoms with E-state index in [0.29, 0.717) is 18.9 Å². The van der Waals surface area contributed by atoms with Crippen LogP contribution in [0.5, 0.6) is 0 Å². The van der Waals surface area contributed by atoms with Crippen molar-refractivity contribution in [1.82, 2.24) is 0 Å². The first-order valence-corrected chi connectivity index (χ1v) is 7.96. The van der Waals surface area contributed by atoms with Crippen molar-refractivity contribution >= 4 is 59.4 Å². The number of hydrogen-bond donors (Lipinski definition) is 2. The summed E-state index contributed by atoms with van der Waals surface area (Å²) in [6.45, 7) is 2.65. The van der Waals surface area contributed by atoms with Gasteiger partial charge >= 0.3 is 0 Å². The van der Waals surface area contributed by atoms with E-state index in [1.54, 1.807) is 0 Å². The van der Waals surface area contributed by atoms with Crippen LogP contribution in [0.2, 0.25) is 0 Å². The van der Waals surface area contributed by atoms with Crippen LogP contribution in [0.4, 0.5) is 5.69 Å². The zero-order chi connectivity index (χ0) is 13.7. The van der Waals surface area contributed by atoms with Crippen molar-refractivity contribution in [2.24, 2.45) is 11.7 Å². The Balaban J connectivity index is 2.65. The van der Waals surface area contributed by atoms with Crippen molar-refractivity contribution in [3.05, 3.63) is 25.6 Å². The van der Waals surface area contributed by atoms with Crippen LogP contribution in [-0.4, -0.2) is 12.5 Å². The summed E-state index contributed by atoms with van der Waals surface area (Å²) < 4.78 is 2.61. The number of amides is 1. The van der Waals surface area contributed by atoms with E-state index in [1.165, 1.54) is 0 Å². The van der Waals surface area contributed by atoms with E-state index in [1.807, 2.05) is 19.1 Å². The fraction of sp³-hybridized carbons (Fsp3) is 0.417. The van der Waals surface area contributed by atoms with Gasteiger partial charge in [-0.25, -0.2) is 0 Å². The minimum atomic E-state index is -0.000905. The fourth-order valence-corrected chi connectivity index (χ4v) is 3.82. The zero-order valence-electron chi connectivity index (χ0n) is 9.97. The van der Waals surface area contributed by atoms with Gasteiger partial charge in [0.1, 0.15) is 0 Å². The van der Waals surface area contributed by atoms with Crippen LogP contribution in [0.3, 0.4) is 0 Å². The number of carbonyl (C=O) groups excluding carboxylic acids is 1. The van der Waals surface area contributed by atoms with Gasteiger partial charge in [-0.3, -0.25) is 4.79 Å².